The highest BCUT2D eigenvalue weighted by Crippen LogP contribution is 2.31. The van der Waals surface area contributed by atoms with Gasteiger partial charge < -0.3 is 14.4 Å². The fourth-order valence-corrected chi connectivity index (χ4v) is 3.95. The molecule has 2 aromatic carbocycles. The zero-order valence-electron chi connectivity index (χ0n) is 15.0. The summed E-state index contributed by atoms with van der Waals surface area (Å²) in [5.74, 6) is -0.395. The van der Waals surface area contributed by atoms with Gasteiger partial charge in [-0.25, -0.2) is 4.98 Å². The predicted octanol–water partition coefficient (Wildman–Crippen LogP) is 3.00. The third-order valence-electron chi connectivity index (χ3n) is 5.47. The Morgan fingerprint density at radius 2 is 1.67 bits per heavy atom. The quantitative estimate of drug-likeness (QED) is 0.702. The topological polar surface area (TPSA) is 56.6 Å². The lowest BCUT2D eigenvalue weighted by molar-refractivity contribution is -0.181. The Hall–Kier alpha value is -2.70. The van der Waals surface area contributed by atoms with Gasteiger partial charge in [0.15, 0.2) is 5.79 Å². The van der Waals surface area contributed by atoms with Gasteiger partial charge in [-0.15, -0.1) is 0 Å². The number of amides is 1. The Kier molecular flexibility index (Phi) is 3.95. The zero-order chi connectivity index (χ0) is 18.3. The molecule has 2 fully saturated rings. The molecule has 1 aromatic heterocycles. The number of carbonyl (C=O) groups is 1. The number of hydrogen-bond acceptors (Lipinski definition) is 4. The van der Waals surface area contributed by atoms with E-state index < -0.39 is 5.79 Å². The molecule has 0 bridgehead atoms. The standard InChI is InChI=1S/C21H21N3O3/c25-20(23-11-9-21(10-12-23)26-13-14-27-21)16-5-7-17(8-6-16)24-15-22-18-3-1-2-4-19(18)24/h1-8,15H,9-14H2. The van der Waals surface area contributed by atoms with Crippen LogP contribution in [0.4, 0.5) is 0 Å². The number of rotatable bonds is 2. The highest BCUT2D eigenvalue weighted by molar-refractivity contribution is 5.94. The normalized spacial score (nSPS) is 19.0. The van der Waals surface area contributed by atoms with Crippen molar-refractivity contribution in [1.82, 2.24) is 14.5 Å². The number of carbonyl (C=O) groups excluding carboxylic acids is 1. The SMILES string of the molecule is O=C(c1ccc(-n2cnc3ccccc32)cc1)N1CCC2(CC1)OCCO2. The van der Waals surface area contributed by atoms with Crippen LogP contribution in [0.3, 0.4) is 0 Å². The van der Waals surface area contributed by atoms with Crippen molar-refractivity contribution in [2.24, 2.45) is 0 Å². The number of likely N-dealkylation sites (tertiary alicyclic amines) is 1. The van der Waals surface area contributed by atoms with Crippen molar-refractivity contribution in [3.8, 4) is 5.69 Å². The first-order chi connectivity index (χ1) is 13.2. The van der Waals surface area contributed by atoms with Gasteiger partial charge in [0.05, 0.1) is 24.2 Å². The molecule has 2 saturated heterocycles. The van der Waals surface area contributed by atoms with Gasteiger partial charge >= 0.3 is 0 Å². The van der Waals surface area contributed by atoms with E-state index in [4.69, 9.17) is 9.47 Å². The van der Waals surface area contributed by atoms with Crippen LogP contribution in [0.5, 0.6) is 0 Å². The van der Waals surface area contributed by atoms with E-state index >= 15 is 0 Å². The lowest BCUT2D eigenvalue weighted by atomic mass is 10.0. The molecule has 6 heteroatoms. The van der Waals surface area contributed by atoms with Crippen LogP contribution in [0.2, 0.25) is 0 Å². The molecule has 2 aliphatic rings. The molecule has 0 saturated carbocycles. The van der Waals surface area contributed by atoms with Crippen LogP contribution in [-0.2, 0) is 9.47 Å². The molecule has 0 unspecified atom stereocenters. The number of fused-ring (bicyclic) bond motifs is 1. The lowest BCUT2D eigenvalue weighted by Crippen LogP contribution is -2.47. The van der Waals surface area contributed by atoms with Crippen molar-refractivity contribution in [3.05, 3.63) is 60.4 Å². The third kappa shape index (κ3) is 2.91. The summed E-state index contributed by atoms with van der Waals surface area (Å²) in [6, 6.07) is 15.7. The smallest absolute Gasteiger partial charge is 0.253 e. The van der Waals surface area contributed by atoms with Gasteiger partial charge in [0, 0.05) is 37.2 Å². The summed E-state index contributed by atoms with van der Waals surface area (Å²) in [5.41, 5.74) is 3.70. The monoisotopic (exact) mass is 363 g/mol. The molecular weight excluding hydrogens is 342 g/mol. The Balaban J connectivity index is 1.32. The molecule has 0 atom stereocenters. The Morgan fingerprint density at radius 3 is 2.41 bits per heavy atom. The van der Waals surface area contributed by atoms with Crippen LogP contribution in [0, 0.1) is 0 Å². The second-order valence-electron chi connectivity index (χ2n) is 7.05. The summed E-state index contributed by atoms with van der Waals surface area (Å²) in [5, 5.41) is 0. The van der Waals surface area contributed by atoms with Crippen LogP contribution in [0.15, 0.2) is 54.9 Å². The molecule has 3 aromatic rings. The van der Waals surface area contributed by atoms with Crippen LogP contribution in [0.25, 0.3) is 16.7 Å². The number of piperidine rings is 1. The van der Waals surface area contributed by atoms with Gasteiger partial charge in [-0.2, -0.15) is 0 Å². The van der Waals surface area contributed by atoms with Crippen LogP contribution >= 0.6 is 0 Å². The van der Waals surface area contributed by atoms with Crippen molar-refractivity contribution in [1.29, 1.82) is 0 Å². The van der Waals surface area contributed by atoms with Crippen molar-refractivity contribution < 1.29 is 14.3 Å². The lowest BCUT2D eigenvalue weighted by Gasteiger charge is -2.37. The molecule has 0 aliphatic carbocycles. The summed E-state index contributed by atoms with van der Waals surface area (Å²) in [7, 11) is 0. The van der Waals surface area contributed by atoms with Crippen molar-refractivity contribution in [2.45, 2.75) is 18.6 Å². The highest BCUT2D eigenvalue weighted by atomic mass is 16.7. The van der Waals surface area contributed by atoms with E-state index in [1.165, 1.54) is 0 Å². The Labute approximate surface area is 157 Å². The molecule has 1 spiro atoms. The van der Waals surface area contributed by atoms with Crippen molar-refractivity contribution in [3.63, 3.8) is 0 Å². The van der Waals surface area contributed by atoms with Gasteiger partial charge in [0.1, 0.15) is 6.33 Å². The second-order valence-corrected chi connectivity index (χ2v) is 7.05. The zero-order valence-corrected chi connectivity index (χ0v) is 15.0. The first-order valence-electron chi connectivity index (χ1n) is 9.34. The molecule has 0 radical (unpaired) electrons. The summed E-state index contributed by atoms with van der Waals surface area (Å²) in [4.78, 5) is 19.2. The molecule has 5 rings (SSSR count). The fourth-order valence-electron chi connectivity index (χ4n) is 3.95. The van der Waals surface area contributed by atoms with Crippen LogP contribution < -0.4 is 0 Å². The van der Waals surface area contributed by atoms with E-state index in [-0.39, 0.29) is 5.91 Å². The van der Waals surface area contributed by atoms with E-state index in [1.807, 2.05) is 64.3 Å². The largest absolute Gasteiger partial charge is 0.347 e. The summed E-state index contributed by atoms with van der Waals surface area (Å²) < 4.78 is 13.5. The first-order valence-corrected chi connectivity index (χ1v) is 9.34. The number of imidazole rings is 1. The summed E-state index contributed by atoms with van der Waals surface area (Å²) in [6.07, 6.45) is 3.28. The van der Waals surface area contributed by atoms with E-state index in [1.54, 1.807) is 0 Å². The van der Waals surface area contributed by atoms with E-state index in [2.05, 4.69) is 4.98 Å². The van der Waals surface area contributed by atoms with Gasteiger partial charge in [0.2, 0.25) is 0 Å². The third-order valence-corrected chi connectivity index (χ3v) is 5.47. The first kappa shape index (κ1) is 16.5. The molecule has 27 heavy (non-hydrogen) atoms. The number of nitrogens with zero attached hydrogens (tertiary/aromatic N) is 3. The Morgan fingerprint density at radius 1 is 0.963 bits per heavy atom. The minimum absolute atomic E-state index is 0.0601. The second kappa shape index (κ2) is 6.48. The maximum absolute atomic E-state index is 12.8. The molecule has 3 heterocycles. The van der Waals surface area contributed by atoms with E-state index in [0.29, 0.717) is 31.9 Å². The number of ether oxygens (including phenoxy) is 2. The number of para-hydroxylation sites is 2. The minimum atomic E-state index is -0.455. The summed E-state index contributed by atoms with van der Waals surface area (Å²) >= 11 is 0. The average molecular weight is 363 g/mol. The Bertz CT molecular complexity index is 964. The number of aromatic nitrogens is 2. The van der Waals surface area contributed by atoms with Gasteiger partial charge in [0.25, 0.3) is 5.91 Å². The maximum atomic E-state index is 12.8. The van der Waals surface area contributed by atoms with Gasteiger partial charge in [-0.05, 0) is 36.4 Å². The molecule has 0 N–H and O–H groups in total. The predicted molar refractivity (Wildman–Crippen MR) is 101 cm³/mol. The molecule has 2 aliphatic heterocycles. The van der Waals surface area contributed by atoms with Crippen molar-refractivity contribution >= 4 is 16.9 Å². The maximum Gasteiger partial charge on any atom is 0.253 e. The van der Waals surface area contributed by atoms with Crippen molar-refractivity contribution in [2.75, 3.05) is 26.3 Å². The number of benzene rings is 2. The van der Waals surface area contributed by atoms with Gasteiger partial charge in [-0.3, -0.25) is 9.36 Å². The molecule has 6 nitrogen and oxygen atoms in total. The molecule has 138 valence electrons. The minimum Gasteiger partial charge on any atom is -0.347 e. The van der Waals surface area contributed by atoms with Crippen LogP contribution in [0.1, 0.15) is 23.2 Å². The number of hydrogen-bond donors (Lipinski definition) is 0. The molecular formula is C21H21N3O3. The van der Waals surface area contributed by atoms with Gasteiger partial charge in [-0.1, -0.05) is 12.1 Å². The van der Waals surface area contributed by atoms with E-state index in [9.17, 15) is 4.79 Å². The molecule has 1 amide bonds. The highest BCUT2D eigenvalue weighted by Gasteiger charge is 2.40. The summed E-state index contributed by atoms with van der Waals surface area (Å²) in [6.45, 7) is 2.62. The van der Waals surface area contributed by atoms with Crippen LogP contribution in [-0.4, -0.2) is 52.4 Å². The van der Waals surface area contributed by atoms with E-state index in [0.717, 1.165) is 29.6 Å². The average Bonchev–Trinajstić information content (AvgIpc) is 3.36. The fraction of sp³-hybridized carbons (Fsp3) is 0.333.